The first kappa shape index (κ1) is 13.9. The van der Waals surface area contributed by atoms with E-state index in [1.807, 2.05) is 31.2 Å². The van der Waals surface area contributed by atoms with E-state index >= 15 is 0 Å². The topological polar surface area (TPSA) is 44.4 Å². The number of rotatable bonds is 5. The van der Waals surface area contributed by atoms with Crippen molar-refractivity contribution in [3.05, 3.63) is 29.8 Å². The van der Waals surface area contributed by atoms with E-state index in [2.05, 4.69) is 15.5 Å². The highest BCUT2D eigenvalue weighted by atomic mass is 16.2. The van der Waals surface area contributed by atoms with Gasteiger partial charge in [0.1, 0.15) is 0 Å². The maximum Gasteiger partial charge on any atom is 0.319 e. The summed E-state index contributed by atoms with van der Waals surface area (Å²) in [6, 6.07) is 7.70. The van der Waals surface area contributed by atoms with Gasteiger partial charge in [0.15, 0.2) is 0 Å². The molecule has 0 saturated carbocycles. The summed E-state index contributed by atoms with van der Waals surface area (Å²) in [5.74, 6) is 0. The van der Waals surface area contributed by atoms with Crippen LogP contribution in [0.25, 0.3) is 0 Å². The van der Waals surface area contributed by atoms with Crippen molar-refractivity contribution in [3.63, 3.8) is 0 Å². The van der Waals surface area contributed by atoms with Crippen molar-refractivity contribution >= 4 is 11.7 Å². The van der Waals surface area contributed by atoms with Crippen LogP contribution in [0.4, 0.5) is 10.5 Å². The zero-order valence-corrected chi connectivity index (χ0v) is 11.6. The lowest BCUT2D eigenvalue weighted by atomic mass is 10.2. The fourth-order valence-corrected chi connectivity index (χ4v) is 2.41. The summed E-state index contributed by atoms with van der Waals surface area (Å²) in [6.45, 7) is 6.27. The quantitative estimate of drug-likeness (QED) is 0.800. The van der Waals surface area contributed by atoms with E-state index in [0.29, 0.717) is 0 Å². The second-order valence-electron chi connectivity index (χ2n) is 5.15. The van der Waals surface area contributed by atoms with Crippen LogP contribution >= 0.6 is 0 Å². The maximum atomic E-state index is 11.7. The number of hydrogen-bond acceptors (Lipinski definition) is 2. The van der Waals surface area contributed by atoms with Gasteiger partial charge in [-0.1, -0.05) is 12.1 Å². The lowest BCUT2D eigenvalue weighted by Crippen LogP contribution is -2.31. The van der Waals surface area contributed by atoms with Crippen molar-refractivity contribution < 1.29 is 4.79 Å². The number of hydrogen-bond donors (Lipinski definition) is 2. The van der Waals surface area contributed by atoms with Crippen LogP contribution in [-0.4, -0.2) is 37.1 Å². The third-order valence-electron chi connectivity index (χ3n) is 3.41. The Labute approximate surface area is 115 Å². The molecule has 1 aromatic carbocycles. The van der Waals surface area contributed by atoms with Crippen molar-refractivity contribution in [2.24, 2.45) is 0 Å². The molecule has 1 fully saturated rings. The number of nitrogens with one attached hydrogen (secondary N) is 2. The fraction of sp³-hybridized carbons (Fsp3) is 0.533. The summed E-state index contributed by atoms with van der Waals surface area (Å²) in [5, 5.41) is 5.75. The van der Waals surface area contributed by atoms with Crippen LogP contribution in [0.1, 0.15) is 24.8 Å². The van der Waals surface area contributed by atoms with Crippen molar-refractivity contribution in [3.8, 4) is 0 Å². The highest BCUT2D eigenvalue weighted by Gasteiger charge is 2.10. The Balaban J connectivity index is 1.61. The highest BCUT2D eigenvalue weighted by molar-refractivity contribution is 5.89. The van der Waals surface area contributed by atoms with E-state index in [1.165, 1.54) is 25.9 Å². The number of benzene rings is 1. The van der Waals surface area contributed by atoms with Crippen molar-refractivity contribution in [1.29, 1.82) is 0 Å². The summed E-state index contributed by atoms with van der Waals surface area (Å²) < 4.78 is 0. The first-order valence-corrected chi connectivity index (χ1v) is 7.08. The Kier molecular flexibility index (Phi) is 5.21. The number of anilines is 1. The van der Waals surface area contributed by atoms with Gasteiger partial charge in [-0.2, -0.15) is 0 Å². The van der Waals surface area contributed by atoms with Crippen molar-refractivity contribution in [2.45, 2.75) is 26.2 Å². The minimum atomic E-state index is -0.118. The van der Waals surface area contributed by atoms with E-state index in [0.717, 1.165) is 30.8 Å². The van der Waals surface area contributed by atoms with Gasteiger partial charge >= 0.3 is 6.03 Å². The molecule has 4 heteroatoms. The van der Waals surface area contributed by atoms with Crippen LogP contribution in [0, 0.1) is 6.92 Å². The molecule has 1 aliphatic rings. The molecule has 0 unspecified atom stereocenters. The molecule has 1 aliphatic heterocycles. The zero-order valence-electron chi connectivity index (χ0n) is 11.6. The van der Waals surface area contributed by atoms with Gasteiger partial charge in [-0.15, -0.1) is 0 Å². The molecular formula is C15H23N3O. The molecule has 2 N–H and O–H groups in total. The predicted molar refractivity (Wildman–Crippen MR) is 78.5 cm³/mol. The van der Waals surface area contributed by atoms with Gasteiger partial charge in [0.05, 0.1) is 0 Å². The minimum absolute atomic E-state index is 0.118. The van der Waals surface area contributed by atoms with Crippen LogP contribution in [0.15, 0.2) is 24.3 Å². The van der Waals surface area contributed by atoms with Gasteiger partial charge in [-0.25, -0.2) is 4.79 Å². The van der Waals surface area contributed by atoms with Crippen molar-refractivity contribution in [1.82, 2.24) is 10.2 Å². The molecule has 0 spiro atoms. The Morgan fingerprint density at radius 3 is 2.84 bits per heavy atom. The second kappa shape index (κ2) is 7.14. The summed E-state index contributed by atoms with van der Waals surface area (Å²) in [7, 11) is 0. The predicted octanol–water partition coefficient (Wildman–Crippen LogP) is 2.60. The Hall–Kier alpha value is -1.55. The molecule has 2 rings (SSSR count). The van der Waals surface area contributed by atoms with Gasteiger partial charge < -0.3 is 15.5 Å². The summed E-state index contributed by atoms with van der Waals surface area (Å²) in [4.78, 5) is 14.1. The molecule has 0 radical (unpaired) electrons. The number of likely N-dealkylation sites (tertiary alicyclic amines) is 1. The smallest absolute Gasteiger partial charge is 0.319 e. The molecule has 0 aliphatic carbocycles. The van der Waals surface area contributed by atoms with Gasteiger partial charge in [-0.05, 0) is 63.5 Å². The number of aryl methyl sites for hydroxylation is 1. The molecule has 0 bridgehead atoms. The molecule has 1 saturated heterocycles. The molecule has 4 nitrogen and oxygen atoms in total. The minimum Gasteiger partial charge on any atom is -0.338 e. The summed E-state index contributed by atoms with van der Waals surface area (Å²) in [5.41, 5.74) is 1.99. The largest absolute Gasteiger partial charge is 0.338 e. The average Bonchev–Trinajstić information content (AvgIpc) is 2.88. The van der Waals surface area contributed by atoms with Crippen molar-refractivity contribution in [2.75, 3.05) is 31.5 Å². The fourth-order valence-electron chi connectivity index (χ4n) is 2.41. The molecule has 0 aromatic heterocycles. The maximum absolute atomic E-state index is 11.7. The molecule has 2 amide bonds. The lowest BCUT2D eigenvalue weighted by molar-refractivity contribution is 0.251. The third kappa shape index (κ3) is 4.91. The molecule has 104 valence electrons. The van der Waals surface area contributed by atoms with Gasteiger partial charge in [-0.3, -0.25) is 0 Å². The highest BCUT2D eigenvalue weighted by Crippen LogP contribution is 2.09. The summed E-state index contributed by atoms with van der Waals surface area (Å²) >= 11 is 0. The Morgan fingerprint density at radius 1 is 1.32 bits per heavy atom. The van der Waals surface area contributed by atoms with Crippen LogP contribution < -0.4 is 10.6 Å². The van der Waals surface area contributed by atoms with E-state index in [1.54, 1.807) is 0 Å². The standard InChI is InChI=1S/C15H23N3O/c1-13-6-4-7-14(12-13)17-15(19)16-8-5-11-18-9-2-3-10-18/h4,6-7,12H,2-3,5,8-11H2,1H3,(H2,16,17,19). The normalized spacial score (nSPS) is 15.4. The number of amides is 2. The first-order chi connectivity index (χ1) is 9.24. The van der Waals surface area contributed by atoms with Crippen LogP contribution in [-0.2, 0) is 0 Å². The molecular weight excluding hydrogens is 238 g/mol. The first-order valence-electron chi connectivity index (χ1n) is 7.08. The SMILES string of the molecule is Cc1cccc(NC(=O)NCCCN2CCCC2)c1. The number of carbonyl (C=O) groups excluding carboxylic acids is 1. The zero-order chi connectivity index (χ0) is 13.5. The number of nitrogens with zero attached hydrogens (tertiary/aromatic N) is 1. The van der Waals surface area contributed by atoms with E-state index in [4.69, 9.17) is 0 Å². The van der Waals surface area contributed by atoms with Crippen LogP contribution in [0.3, 0.4) is 0 Å². The van der Waals surface area contributed by atoms with Gasteiger partial charge in [0.25, 0.3) is 0 Å². The molecule has 0 atom stereocenters. The van der Waals surface area contributed by atoms with E-state index < -0.39 is 0 Å². The Morgan fingerprint density at radius 2 is 2.11 bits per heavy atom. The third-order valence-corrected chi connectivity index (χ3v) is 3.41. The lowest BCUT2D eigenvalue weighted by Gasteiger charge is -2.14. The van der Waals surface area contributed by atoms with Crippen LogP contribution in [0.2, 0.25) is 0 Å². The average molecular weight is 261 g/mol. The number of carbonyl (C=O) groups is 1. The monoisotopic (exact) mass is 261 g/mol. The number of urea groups is 1. The van der Waals surface area contributed by atoms with E-state index in [-0.39, 0.29) is 6.03 Å². The molecule has 19 heavy (non-hydrogen) atoms. The van der Waals surface area contributed by atoms with E-state index in [9.17, 15) is 4.79 Å². The van der Waals surface area contributed by atoms with Gasteiger partial charge in [0.2, 0.25) is 0 Å². The van der Waals surface area contributed by atoms with Crippen LogP contribution in [0.5, 0.6) is 0 Å². The Bertz CT molecular complexity index is 414. The van der Waals surface area contributed by atoms with Gasteiger partial charge in [0, 0.05) is 12.2 Å². The molecule has 1 heterocycles. The second-order valence-corrected chi connectivity index (χ2v) is 5.15. The molecule has 1 aromatic rings. The summed E-state index contributed by atoms with van der Waals surface area (Å²) in [6.07, 6.45) is 3.66.